The van der Waals surface area contributed by atoms with E-state index in [2.05, 4.69) is 26.2 Å². The summed E-state index contributed by atoms with van der Waals surface area (Å²) < 4.78 is 6.16. The van der Waals surface area contributed by atoms with E-state index in [0.717, 1.165) is 15.4 Å². The van der Waals surface area contributed by atoms with E-state index in [1.165, 1.54) is 0 Å². The van der Waals surface area contributed by atoms with Crippen molar-refractivity contribution in [1.29, 1.82) is 0 Å². The molecule has 23 heavy (non-hydrogen) atoms. The highest BCUT2D eigenvalue weighted by Crippen LogP contribution is 2.30. The molecule has 1 saturated heterocycles. The minimum Gasteiger partial charge on any atom is -0.481 e. The van der Waals surface area contributed by atoms with Crippen molar-refractivity contribution in [3.8, 4) is 0 Å². The highest BCUT2D eigenvalue weighted by molar-refractivity contribution is 9.10. The van der Waals surface area contributed by atoms with Gasteiger partial charge in [-0.05, 0) is 37.1 Å². The first-order chi connectivity index (χ1) is 11.0. The van der Waals surface area contributed by atoms with E-state index in [4.69, 9.17) is 4.74 Å². The number of aliphatic carboxylic acids is 1. The van der Waals surface area contributed by atoms with Crippen molar-refractivity contribution in [1.82, 2.24) is 10.3 Å². The summed E-state index contributed by atoms with van der Waals surface area (Å²) in [6.45, 7) is 0.911. The minimum absolute atomic E-state index is 0.101. The zero-order valence-electron chi connectivity index (χ0n) is 12.4. The monoisotopic (exact) mass is 380 g/mol. The van der Waals surface area contributed by atoms with E-state index >= 15 is 0 Å². The van der Waals surface area contributed by atoms with Crippen LogP contribution in [-0.2, 0) is 9.53 Å². The zero-order chi connectivity index (χ0) is 16.4. The van der Waals surface area contributed by atoms with E-state index in [1.54, 1.807) is 6.07 Å². The Bertz CT molecular complexity index is 750. The molecular weight excluding hydrogens is 364 g/mol. The number of halogens is 1. The summed E-state index contributed by atoms with van der Waals surface area (Å²) in [5, 5.41) is 13.2. The van der Waals surface area contributed by atoms with Crippen molar-refractivity contribution >= 4 is 38.7 Å². The van der Waals surface area contributed by atoms with E-state index in [-0.39, 0.29) is 12.5 Å². The lowest BCUT2D eigenvalue weighted by Crippen LogP contribution is -2.46. The number of nitrogens with one attached hydrogen (secondary N) is 2. The lowest BCUT2D eigenvalue weighted by Gasteiger charge is -2.33. The van der Waals surface area contributed by atoms with Crippen LogP contribution in [0.5, 0.6) is 0 Å². The van der Waals surface area contributed by atoms with E-state index in [0.29, 0.717) is 31.7 Å². The van der Waals surface area contributed by atoms with Crippen LogP contribution in [0.1, 0.15) is 23.3 Å². The summed E-state index contributed by atoms with van der Waals surface area (Å²) in [5.74, 6) is -1.19. The first kappa shape index (κ1) is 16.0. The molecule has 7 heteroatoms. The predicted octanol–water partition coefficient (Wildman–Crippen LogP) is 2.54. The Labute approximate surface area is 141 Å². The highest BCUT2D eigenvalue weighted by Gasteiger charge is 2.40. The molecule has 1 aromatic carbocycles. The van der Waals surface area contributed by atoms with Gasteiger partial charge in [-0.1, -0.05) is 15.9 Å². The molecule has 1 aliphatic heterocycles. The molecule has 0 bridgehead atoms. The molecule has 0 saturated carbocycles. The molecule has 1 aliphatic rings. The number of rotatable bonds is 4. The van der Waals surface area contributed by atoms with E-state index < -0.39 is 11.4 Å². The second-order valence-electron chi connectivity index (χ2n) is 5.80. The van der Waals surface area contributed by atoms with Gasteiger partial charge in [0.2, 0.25) is 0 Å². The van der Waals surface area contributed by atoms with Gasteiger partial charge in [-0.3, -0.25) is 9.59 Å². The molecule has 0 unspecified atom stereocenters. The summed E-state index contributed by atoms with van der Waals surface area (Å²) in [5.41, 5.74) is 0.339. The van der Waals surface area contributed by atoms with Gasteiger partial charge in [0.1, 0.15) is 5.69 Å². The van der Waals surface area contributed by atoms with Crippen LogP contribution in [0, 0.1) is 5.41 Å². The summed E-state index contributed by atoms with van der Waals surface area (Å²) in [6, 6.07) is 7.45. The molecule has 1 aromatic heterocycles. The number of carboxylic acids is 1. The van der Waals surface area contributed by atoms with Crippen molar-refractivity contribution in [2.75, 3.05) is 19.8 Å². The fourth-order valence-electron chi connectivity index (χ4n) is 2.80. The van der Waals surface area contributed by atoms with Crippen LogP contribution >= 0.6 is 15.9 Å². The third-order valence-corrected chi connectivity index (χ3v) is 4.81. The molecular formula is C16H17BrN2O4. The maximum atomic E-state index is 12.3. The number of fused-ring (bicyclic) bond motifs is 1. The number of benzene rings is 1. The van der Waals surface area contributed by atoms with Crippen LogP contribution in [0.4, 0.5) is 0 Å². The molecule has 2 heterocycles. The van der Waals surface area contributed by atoms with Crippen LogP contribution < -0.4 is 5.32 Å². The number of hydrogen-bond acceptors (Lipinski definition) is 3. The van der Waals surface area contributed by atoms with Gasteiger partial charge in [0.15, 0.2) is 0 Å². The van der Waals surface area contributed by atoms with Crippen LogP contribution in [-0.4, -0.2) is 41.7 Å². The number of amides is 1. The van der Waals surface area contributed by atoms with Crippen LogP contribution in [0.2, 0.25) is 0 Å². The number of carbonyl (C=O) groups excluding carboxylic acids is 1. The third kappa shape index (κ3) is 3.25. The normalized spacial score (nSPS) is 17.1. The molecule has 122 valence electrons. The van der Waals surface area contributed by atoms with Crippen LogP contribution in [0.25, 0.3) is 10.9 Å². The van der Waals surface area contributed by atoms with Crippen molar-refractivity contribution in [2.24, 2.45) is 5.41 Å². The van der Waals surface area contributed by atoms with Crippen LogP contribution in [0.3, 0.4) is 0 Å². The molecule has 6 nitrogen and oxygen atoms in total. The van der Waals surface area contributed by atoms with Gasteiger partial charge < -0.3 is 20.1 Å². The zero-order valence-corrected chi connectivity index (χ0v) is 14.0. The fraction of sp³-hybridized carbons (Fsp3) is 0.375. The molecule has 3 N–H and O–H groups in total. The van der Waals surface area contributed by atoms with Gasteiger partial charge in [0, 0.05) is 35.1 Å². The molecule has 0 atom stereocenters. The number of aromatic amines is 1. The Morgan fingerprint density at radius 1 is 1.30 bits per heavy atom. The maximum absolute atomic E-state index is 12.3. The van der Waals surface area contributed by atoms with Gasteiger partial charge >= 0.3 is 5.97 Å². The SMILES string of the molecule is O=C(NCC1(C(=O)O)CCOCC1)c1cc2cc(Br)ccc2[nH]1. The molecule has 1 fully saturated rings. The first-order valence-electron chi connectivity index (χ1n) is 7.38. The topological polar surface area (TPSA) is 91.4 Å². The van der Waals surface area contributed by atoms with Crippen molar-refractivity contribution in [3.63, 3.8) is 0 Å². The summed E-state index contributed by atoms with van der Waals surface area (Å²) in [4.78, 5) is 27.0. The van der Waals surface area contributed by atoms with Gasteiger partial charge in [0.25, 0.3) is 5.91 Å². The predicted molar refractivity (Wildman–Crippen MR) is 88.5 cm³/mol. The lowest BCUT2D eigenvalue weighted by molar-refractivity contribution is -0.154. The number of aromatic nitrogens is 1. The highest BCUT2D eigenvalue weighted by atomic mass is 79.9. The van der Waals surface area contributed by atoms with Crippen molar-refractivity contribution in [3.05, 3.63) is 34.4 Å². The van der Waals surface area contributed by atoms with Crippen LogP contribution in [0.15, 0.2) is 28.7 Å². The second-order valence-corrected chi connectivity index (χ2v) is 6.71. The lowest BCUT2D eigenvalue weighted by atomic mass is 9.80. The smallest absolute Gasteiger partial charge is 0.311 e. The molecule has 0 spiro atoms. The molecule has 0 aliphatic carbocycles. The number of carboxylic acid groups (broad SMARTS) is 1. The van der Waals surface area contributed by atoms with E-state index in [9.17, 15) is 14.7 Å². The third-order valence-electron chi connectivity index (χ3n) is 4.32. The summed E-state index contributed by atoms with van der Waals surface area (Å²) in [7, 11) is 0. The molecule has 2 aromatic rings. The largest absolute Gasteiger partial charge is 0.481 e. The standard InChI is InChI=1S/C16H17BrN2O4/c17-11-1-2-12-10(7-11)8-13(19-12)14(20)18-9-16(15(21)22)3-5-23-6-4-16/h1-2,7-8,19H,3-6,9H2,(H,18,20)(H,21,22). The summed E-state index contributed by atoms with van der Waals surface area (Å²) >= 11 is 3.39. The average Bonchev–Trinajstić information content (AvgIpc) is 2.96. The fourth-order valence-corrected chi connectivity index (χ4v) is 3.18. The maximum Gasteiger partial charge on any atom is 0.311 e. The van der Waals surface area contributed by atoms with Gasteiger partial charge in [-0.2, -0.15) is 0 Å². The Kier molecular flexibility index (Phi) is 4.41. The number of ether oxygens (including phenoxy) is 1. The number of H-pyrrole nitrogens is 1. The quantitative estimate of drug-likeness (QED) is 0.759. The van der Waals surface area contributed by atoms with E-state index in [1.807, 2.05) is 18.2 Å². The van der Waals surface area contributed by atoms with Crippen molar-refractivity contribution < 1.29 is 19.4 Å². The Hall–Kier alpha value is -1.86. The summed E-state index contributed by atoms with van der Waals surface area (Å²) in [6.07, 6.45) is 0.810. The average molecular weight is 381 g/mol. The number of carbonyl (C=O) groups is 2. The second kappa shape index (κ2) is 6.33. The first-order valence-corrected chi connectivity index (χ1v) is 8.17. The molecule has 3 rings (SSSR count). The minimum atomic E-state index is -0.942. The Balaban J connectivity index is 1.73. The van der Waals surface area contributed by atoms with Crippen molar-refractivity contribution in [2.45, 2.75) is 12.8 Å². The Morgan fingerprint density at radius 2 is 2.04 bits per heavy atom. The van der Waals surface area contributed by atoms with Gasteiger partial charge in [-0.15, -0.1) is 0 Å². The molecule has 0 radical (unpaired) electrons. The molecule has 1 amide bonds. The van der Waals surface area contributed by atoms with Gasteiger partial charge in [0.05, 0.1) is 5.41 Å². The Morgan fingerprint density at radius 3 is 2.74 bits per heavy atom. The van der Waals surface area contributed by atoms with Gasteiger partial charge in [-0.25, -0.2) is 0 Å². The number of hydrogen-bond donors (Lipinski definition) is 3.